The van der Waals surface area contributed by atoms with Crippen LogP contribution in [0, 0.1) is 0 Å². The monoisotopic (exact) mass is 314 g/mol. The van der Waals surface area contributed by atoms with Gasteiger partial charge >= 0.3 is 5.97 Å². The molecule has 0 bridgehead atoms. The van der Waals surface area contributed by atoms with Gasteiger partial charge in [-0.15, -0.1) is 0 Å². The van der Waals surface area contributed by atoms with Gasteiger partial charge in [0.15, 0.2) is 0 Å². The molecule has 122 valence electrons. The van der Waals surface area contributed by atoms with E-state index in [2.05, 4.69) is 0 Å². The summed E-state index contributed by atoms with van der Waals surface area (Å²) in [5.74, 6) is 0.0942. The Labute approximate surface area is 136 Å². The van der Waals surface area contributed by atoms with Gasteiger partial charge in [0.2, 0.25) is 0 Å². The highest BCUT2D eigenvalue weighted by molar-refractivity contribution is 5.73. The fraction of sp³-hybridized carbons (Fsp3) is 0.316. The number of ether oxygens (including phenoxy) is 1. The summed E-state index contributed by atoms with van der Waals surface area (Å²) in [5.41, 5.74) is 1.29. The highest BCUT2D eigenvalue weighted by Crippen LogP contribution is 2.40. The summed E-state index contributed by atoms with van der Waals surface area (Å²) in [6, 6.07) is 13.8. The van der Waals surface area contributed by atoms with Crippen LogP contribution in [0.2, 0.25) is 0 Å². The van der Waals surface area contributed by atoms with E-state index >= 15 is 0 Å². The summed E-state index contributed by atoms with van der Waals surface area (Å²) in [6.45, 7) is 4.13. The van der Waals surface area contributed by atoms with Crippen molar-refractivity contribution in [2.45, 2.75) is 32.1 Å². The van der Waals surface area contributed by atoms with E-state index in [-0.39, 0.29) is 23.9 Å². The molecule has 0 radical (unpaired) electrons. The predicted octanol–water partition coefficient (Wildman–Crippen LogP) is 3.75. The molecule has 0 heterocycles. The van der Waals surface area contributed by atoms with Gasteiger partial charge in [0.05, 0.1) is 13.0 Å². The molecule has 0 spiro atoms. The van der Waals surface area contributed by atoms with E-state index in [0.29, 0.717) is 13.0 Å². The summed E-state index contributed by atoms with van der Waals surface area (Å²) < 4.78 is 5.15. The van der Waals surface area contributed by atoms with Gasteiger partial charge in [0.25, 0.3) is 0 Å². The maximum absolute atomic E-state index is 12.2. The smallest absolute Gasteiger partial charge is 0.307 e. The first-order valence-corrected chi connectivity index (χ1v) is 7.76. The predicted molar refractivity (Wildman–Crippen MR) is 88.5 cm³/mol. The van der Waals surface area contributed by atoms with Gasteiger partial charge in [0, 0.05) is 5.41 Å². The molecule has 0 fully saturated rings. The van der Waals surface area contributed by atoms with E-state index in [1.54, 1.807) is 31.2 Å². The normalized spacial score (nSPS) is 11.2. The van der Waals surface area contributed by atoms with Crippen molar-refractivity contribution in [1.29, 1.82) is 0 Å². The first-order valence-electron chi connectivity index (χ1n) is 7.76. The summed E-state index contributed by atoms with van der Waals surface area (Å²) in [4.78, 5) is 12.2. The topological polar surface area (TPSA) is 66.8 Å². The lowest BCUT2D eigenvalue weighted by molar-refractivity contribution is -0.144. The van der Waals surface area contributed by atoms with Crippen molar-refractivity contribution < 1.29 is 19.7 Å². The van der Waals surface area contributed by atoms with Crippen LogP contribution in [0.1, 0.15) is 37.8 Å². The summed E-state index contributed by atoms with van der Waals surface area (Å²) in [7, 11) is 0. The van der Waals surface area contributed by atoms with Crippen LogP contribution in [0.4, 0.5) is 0 Å². The van der Waals surface area contributed by atoms with Gasteiger partial charge in [-0.3, -0.25) is 4.79 Å². The molecular weight excluding hydrogens is 292 g/mol. The maximum Gasteiger partial charge on any atom is 0.307 e. The fourth-order valence-electron chi connectivity index (χ4n) is 2.92. The van der Waals surface area contributed by atoms with Crippen LogP contribution in [0.5, 0.6) is 11.5 Å². The largest absolute Gasteiger partial charge is 0.508 e. The van der Waals surface area contributed by atoms with Gasteiger partial charge in [-0.1, -0.05) is 31.2 Å². The van der Waals surface area contributed by atoms with Crippen LogP contribution in [-0.4, -0.2) is 22.8 Å². The molecular formula is C19H22O4. The van der Waals surface area contributed by atoms with Crippen molar-refractivity contribution in [2.75, 3.05) is 6.61 Å². The maximum atomic E-state index is 12.2. The molecule has 2 N–H and O–H groups in total. The minimum absolute atomic E-state index is 0.181. The Kier molecular flexibility index (Phi) is 5.27. The average molecular weight is 314 g/mol. The van der Waals surface area contributed by atoms with E-state index in [1.807, 2.05) is 31.2 Å². The Balaban J connectivity index is 2.53. The zero-order valence-electron chi connectivity index (χ0n) is 13.5. The molecule has 0 aliphatic carbocycles. The molecule has 0 saturated heterocycles. The molecule has 0 aliphatic heterocycles. The average Bonchev–Trinajstić information content (AvgIpc) is 2.54. The molecule has 0 aromatic heterocycles. The number of carbonyl (C=O) groups excluding carboxylic acids is 1. The number of hydrogen-bond acceptors (Lipinski definition) is 4. The number of rotatable bonds is 6. The molecule has 2 aromatic carbocycles. The van der Waals surface area contributed by atoms with E-state index < -0.39 is 5.41 Å². The number of carbonyl (C=O) groups is 1. The second-order valence-corrected chi connectivity index (χ2v) is 5.51. The first kappa shape index (κ1) is 16.9. The molecule has 0 atom stereocenters. The Morgan fingerprint density at radius 3 is 1.70 bits per heavy atom. The molecule has 0 aliphatic rings. The van der Waals surface area contributed by atoms with Crippen LogP contribution >= 0.6 is 0 Å². The Hall–Kier alpha value is -2.49. The highest BCUT2D eigenvalue weighted by Gasteiger charge is 2.35. The van der Waals surface area contributed by atoms with Crippen LogP contribution in [0.25, 0.3) is 0 Å². The lowest BCUT2D eigenvalue weighted by Gasteiger charge is -2.33. The SMILES string of the molecule is CCOC(=O)CC(CC)(c1ccc(O)cc1)c1ccc(O)cc1. The van der Waals surface area contributed by atoms with E-state index in [9.17, 15) is 15.0 Å². The van der Waals surface area contributed by atoms with E-state index in [1.165, 1.54) is 0 Å². The van der Waals surface area contributed by atoms with E-state index in [0.717, 1.165) is 11.1 Å². The van der Waals surface area contributed by atoms with Crippen LogP contribution < -0.4 is 0 Å². The van der Waals surface area contributed by atoms with Gasteiger partial charge in [-0.25, -0.2) is 0 Å². The number of phenols is 2. The molecule has 2 rings (SSSR count). The van der Waals surface area contributed by atoms with Crippen molar-refractivity contribution in [2.24, 2.45) is 0 Å². The lowest BCUT2D eigenvalue weighted by atomic mass is 9.70. The van der Waals surface area contributed by atoms with Crippen molar-refractivity contribution in [3.8, 4) is 11.5 Å². The second kappa shape index (κ2) is 7.18. The third-order valence-electron chi connectivity index (χ3n) is 4.19. The van der Waals surface area contributed by atoms with Crippen LogP contribution in [0.15, 0.2) is 48.5 Å². The Morgan fingerprint density at radius 2 is 1.35 bits per heavy atom. The summed E-state index contributed by atoms with van der Waals surface area (Å²) >= 11 is 0. The molecule has 4 nitrogen and oxygen atoms in total. The number of hydrogen-bond donors (Lipinski definition) is 2. The molecule has 0 unspecified atom stereocenters. The second-order valence-electron chi connectivity index (χ2n) is 5.51. The van der Waals surface area contributed by atoms with Gasteiger partial charge in [-0.05, 0) is 48.7 Å². The lowest BCUT2D eigenvalue weighted by Crippen LogP contribution is -2.31. The van der Waals surface area contributed by atoms with E-state index in [4.69, 9.17) is 4.74 Å². The number of esters is 1. The Bertz CT molecular complexity index is 599. The standard InChI is InChI=1S/C19H22O4/c1-3-19(13-18(22)23-4-2,14-5-9-16(20)10-6-14)15-7-11-17(21)12-8-15/h5-12,20-21H,3-4,13H2,1-2H3. The number of aromatic hydroxyl groups is 2. The minimum atomic E-state index is -0.562. The van der Waals surface area contributed by atoms with Crippen LogP contribution in [0.3, 0.4) is 0 Å². The van der Waals surface area contributed by atoms with Crippen molar-refractivity contribution in [3.05, 3.63) is 59.7 Å². The highest BCUT2D eigenvalue weighted by atomic mass is 16.5. The van der Waals surface area contributed by atoms with Crippen LogP contribution in [-0.2, 0) is 14.9 Å². The first-order chi connectivity index (χ1) is 11.0. The quantitative estimate of drug-likeness (QED) is 0.797. The zero-order chi connectivity index (χ0) is 16.9. The van der Waals surface area contributed by atoms with Crippen molar-refractivity contribution in [1.82, 2.24) is 0 Å². The van der Waals surface area contributed by atoms with Crippen molar-refractivity contribution >= 4 is 5.97 Å². The Morgan fingerprint density at radius 1 is 0.913 bits per heavy atom. The zero-order valence-corrected chi connectivity index (χ0v) is 13.5. The molecule has 4 heteroatoms. The van der Waals surface area contributed by atoms with Crippen molar-refractivity contribution in [3.63, 3.8) is 0 Å². The molecule has 2 aromatic rings. The molecule has 23 heavy (non-hydrogen) atoms. The third-order valence-corrected chi connectivity index (χ3v) is 4.19. The van der Waals surface area contributed by atoms with Gasteiger partial charge in [-0.2, -0.15) is 0 Å². The number of benzene rings is 2. The minimum Gasteiger partial charge on any atom is -0.508 e. The third kappa shape index (κ3) is 3.65. The summed E-state index contributed by atoms with van der Waals surface area (Å²) in [6.07, 6.45) is 0.883. The molecule has 0 saturated carbocycles. The molecule has 0 amide bonds. The number of phenolic OH excluding ortho intramolecular Hbond substituents is 2. The van der Waals surface area contributed by atoms with Gasteiger partial charge in [0.1, 0.15) is 11.5 Å². The van der Waals surface area contributed by atoms with Gasteiger partial charge < -0.3 is 14.9 Å². The fourth-order valence-corrected chi connectivity index (χ4v) is 2.92. The summed E-state index contributed by atoms with van der Waals surface area (Å²) in [5, 5.41) is 19.1.